The highest BCUT2D eigenvalue weighted by Crippen LogP contribution is 2.30. The maximum atomic E-state index is 13.2. The summed E-state index contributed by atoms with van der Waals surface area (Å²) in [5, 5.41) is 3.03. The predicted molar refractivity (Wildman–Crippen MR) is 115 cm³/mol. The van der Waals surface area contributed by atoms with E-state index in [2.05, 4.69) is 5.32 Å². The first-order valence-corrected chi connectivity index (χ1v) is 10.8. The fourth-order valence-electron chi connectivity index (χ4n) is 2.88. The van der Waals surface area contributed by atoms with E-state index in [4.69, 9.17) is 11.6 Å². The largest absolute Gasteiger partial charge is 0.350 e. The molecule has 7 heteroatoms. The Morgan fingerprint density at radius 3 is 2.34 bits per heavy atom. The third-order valence-corrected chi connectivity index (χ3v) is 6.41. The van der Waals surface area contributed by atoms with Gasteiger partial charge in [-0.25, -0.2) is 8.42 Å². The first-order valence-electron chi connectivity index (χ1n) is 9.02. The number of sulfonamides is 1. The number of halogens is 1. The Balaban J connectivity index is 1.86. The molecule has 0 radical (unpaired) electrons. The van der Waals surface area contributed by atoms with E-state index in [1.165, 1.54) is 12.1 Å². The van der Waals surface area contributed by atoms with E-state index in [-0.39, 0.29) is 22.2 Å². The number of aryl methyl sites for hydroxylation is 1. The van der Waals surface area contributed by atoms with Crippen LogP contribution in [0.1, 0.15) is 11.1 Å². The highest BCUT2D eigenvalue weighted by molar-refractivity contribution is 7.92. The highest BCUT2D eigenvalue weighted by Gasteiger charge is 2.28. The van der Waals surface area contributed by atoms with E-state index < -0.39 is 15.9 Å². The number of hydrogen-bond donors (Lipinski definition) is 1. The molecule has 0 saturated heterocycles. The number of hydrogen-bond acceptors (Lipinski definition) is 3. The van der Waals surface area contributed by atoms with Gasteiger partial charge in [0, 0.05) is 6.54 Å². The lowest BCUT2D eigenvalue weighted by Gasteiger charge is -2.25. The van der Waals surface area contributed by atoms with Crippen molar-refractivity contribution in [1.29, 1.82) is 0 Å². The van der Waals surface area contributed by atoms with E-state index in [1.54, 1.807) is 42.5 Å². The molecule has 0 saturated carbocycles. The molecule has 0 aromatic heterocycles. The SMILES string of the molecule is Cc1cccc(CNC(=O)CN(c2ccccc2Cl)S(=O)(=O)c2ccccc2)c1. The number of amides is 1. The summed E-state index contributed by atoms with van der Waals surface area (Å²) in [4.78, 5) is 12.7. The van der Waals surface area contributed by atoms with Gasteiger partial charge in [0.2, 0.25) is 5.91 Å². The number of nitrogens with one attached hydrogen (secondary N) is 1. The smallest absolute Gasteiger partial charge is 0.264 e. The normalized spacial score (nSPS) is 11.1. The van der Waals surface area contributed by atoms with Crippen LogP contribution in [0, 0.1) is 6.92 Å². The number of carbonyl (C=O) groups excluding carboxylic acids is 1. The molecule has 1 amide bonds. The van der Waals surface area contributed by atoms with Crippen molar-refractivity contribution in [2.45, 2.75) is 18.4 Å². The molecule has 3 aromatic rings. The van der Waals surface area contributed by atoms with Crippen LogP contribution in [0.5, 0.6) is 0 Å². The summed E-state index contributed by atoms with van der Waals surface area (Å²) in [5.41, 5.74) is 2.28. The number of carbonyl (C=O) groups is 1. The lowest BCUT2D eigenvalue weighted by atomic mass is 10.1. The monoisotopic (exact) mass is 428 g/mol. The van der Waals surface area contributed by atoms with Crippen molar-refractivity contribution >= 4 is 33.2 Å². The van der Waals surface area contributed by atoms with Crippen LogP contribution in [0.25, 0.3) is 0 Å². The van der Waals surface area contributed by atoms with Gasteiger partial charge in [-0.15, -0.1) is 0 Å². The minimum absolute atomic E-state index is 0.0893. The van der Waals surface area contributed by atoms with Crippen LogP contribution in [0.4, 0.5) is 5.69 Å². The average molecular weight is 429 g/mol. The molecule has 0 bridgehead atoms. The standard InChI is InChI=1S/C22H21ClN2O3S/c1-17-8-7-9-18(14-17)15-24-22(26)16-25(21-13-6-5-12-20(21)23)29(27,28)19-10-3-2-4-11-19/h2-14H,15-16H2,1H3,(H,24,26). The van der Waals surface area contributed by atoms with Gasteiger partial charge in [-0.05, 0) is 36.8 Å². The predicted octanol–water partition coefficient (Wildman–Crippen LogP) is 4.16. The fraction of sp³-hybridized carbons (Fsp3) is 0.136. The Hall–Kier alpha value is -2.83. The van der Waals surface area contributed by atoms with Gasteiger partial charge in [-0.3, -0.25) is 9.10 Å². The van der Waals surface area contributed by atoms with E-state index in [0.29, 0.717) is 6.54 Å². The van der Waals surface area contributed by atoms with Crippen molar-refractivity contribution in [3.8, 4) is 0 Å². The Kier molecular flexibility index (Phi) is 6.56. The molecular formula is C22H21ClN2O3S. The molecule has 150 valence electrons. The maximum absolute atomic E-state index is 13.2. The summed E-state index contributed by atoms with van der Waals surface area (Å²) in [7, 11) is -3.97. The molecular weight excluding hydrogens is 408 g/mol. The van der Waals surface area contributed by atoms with Crippen molar-refractivity contribution in [3.63, 3.8) is 0 Å². The molecule has 3 aromatic carbocycles. The van der Waals surface area contributed by atoms with Crippen LogP contribution < -0.4 is 9.62 Å². The molecule has 0 aliphatic heterocycles. The van der Waals surface area contributed by atoms with Gasteiger partial charge in [-0.2, -0.15) is 0 Å². The Bertz CT molecular complexity index is 1100. The second-order valence-electron chi connectivity index (χ2n) is 6.54. The molecule has 0 fully saturated rings. The van der Waals surface area contributed by atoms with Crippen LogP contribution in [0.2, 0.25) is 5.02 Å². The van der Waals surface area contributed by atoms with Gasteiger partial charge >= 0.3 is 0 Å². The number of nitrogens with zero attached hydrogens (tertiary/aromatic N) is 1. The molecule has 0 heterocycles. The third kappa shape index (κ3) is 5.16. The summed E-state index contributed by atoms with van der Waals surface area (Å²) in [6, 6.07) is 22.3. The molecule has 29 heavy (non-hydrogen) atoms. The number of anilines is 1. The third-order valence-electron chi connectivity index (χ3n) is 4.31. The first-order chi connectivity index (χ1) is 13.9. The Labute approximate surface area is 176 Å². The summed E-state index contributed by atoms with van der Waals surface area (Å²) < 4.78 is 27.5. The topological polar surface area (TPSA) is 66.5 Å². The maximum Gasteiger partial charge on any atom is 0.264 e. The van der Waals surface area contributed by atoms with Gasteiger partial charge in [0.1, 0.15) is 6.54 Å². The van der Waals surface area contributed by atoms with E-state index >= 15 is 0 Å². The summed E-state index contributed by atoms with van der Waals surface area (Å²) in [5.74, 6) is -0.425. The van der Waals surface area contributed by atoms with E-state index in [9.17, 15) is 13.2 Å². The summed E-state index contributed by atoms with van der Waals surface area (Å²) in [6.07, 6.45) is 0. The minimum Gasteiger partial charge on any atom is -0.350 e. The van der Waals surface area contributed by atoms with Crippen LogP contribution in [0.15, 0.2) is 83.8 Å². The minimum atomic E-state index is -3.97. The lowest BCUT2D eigenvalue weighted by Crippen LogP contribution is -2.40. The van der Waals surface area contributed by atoms with Gasteiger partial charge in [0.15, 0.2) is 0 Å². The van der Waals surface area contributed by atoms with Gasteiger partial charge in [0.05, 0.1) is 15.6 Å². The van der Waals surface area contributed by atoms with Gasteiger partial charge < -0.3 is 5.32 Å². The molecule has 3 rings (SSSR count). The molecule has 0 unspecified atom stereocenters. The highest BCUT2D eigenvalue weighted by atomic mass is 35.5. The molecule has 0 spiro atoms. The van der Waals surface area contributed by atoms with Crippen LogP contribution in [-0.2, 0) is 21.4 Å². The quantitative estimate of drug-likeness (QED) is 0.614. The van der Waals surface area contributed by atoms with Crippen molar-refractivity contribution in [2.75, 3.05) is 10.8 Å². The van der Waals surface area contributed by atoms with E-state index in [1.807, 2.05) is 31.2 Å². The van der Waals surface area contributed by atoms with Crippen LogP contribution >= 0.6 is 11.6 Å². The molecule has 0 aliphatic carbocycles. The average Bonchev–Trinajstić information content (AvgIpc) is 2.72. The molecule has 5 nitrogen and oxygen atoms in total. The van der Waals surface area contributed by atoms with Crippen molar-refractivity contribution in [1.82, 2.24) is 5.32 Å². The summed E-state index contributed by atoms with van der Waals surface area (Å²) >= 11 is 6.25. The fourth-order valence-corrected chi connectivity index (χ4v) is 4.63. The first kappa shape index (κ1) is 20.9. The number of para-hydroxylation sites is 1. The molecule has 1 N–H and O–H groups in total. The van der Waals surface area contributed by atoms with Crippen molar-refractivity contribution in [2.24, 2.45) is 0 Å². The van der Waals surface area contributed by atoms with Crippen molar-refractivity contribution < 1.29 is 13.2 Å². The van der Waals surface area contributed by atoms with Crippen molar-refractivity contribution in [3.05, 3.63) is 95.0 Å². The molecule has 0 aliphatic rings. The van der Waals surface area contributed by atoms with E-state index in [0.717, 1.165) is 15.4 Å². The van der Waals surface area contributed by atoms with Gasteiger partial charge in [0.25, 0.3) is 10.0 Å². The second kappa shape index (κ2) is 9.11. The zero-order valence-electron chi connectivity index (χ0n) is 15.9. The Morgan fingerprint density at radius 2 is 1.66 bits per heavy atom. The zero-order chi connectivity index (χ0) is 20.9. The van der Waals surface area contributed by atoms with Crippen LogP contribution in [-0.4, -0.2) is 20.9 Å². The molecule has 0 atom stereocenters. The lowest BCUT2D eigenvalue weighted by molar-refractivity contribution is -0.119. The zero-order valence-corrected chi connectivity index (χ0v) is 17.5. The Morgan fingerprint density at radius 1 is 0.966 bits per heavy atom. The number of benzene rings is 3. The van der Waals surface area contributed by atoms with Crippen LogP contribution in [0.3, 0.4) is 0 Å². The summed E-state index contributed by atoms with van der Waals surface area (Å²) in [6.45, 7) is 1.89. The van der Waals surface area contributed by atoms with Gasteiger partial charge in [-0.1, -0.05) is 71.8 Å². The number of rotatable bonds is 7. The second-order valence-corrected chi connectivity index (χ2v) is 8.81.